The fraction of sp³-hybridized carbons (Fsp3) is 0.364. The molecule has 0 fully saturated rings. The van der Waals surface area contributed by atoms with Gasteiger partial charge in [0.1, 0.15) is 11.4 Å². The maximum Gasteiger partial charge on any atom is 0.257 e. The Morgan fingerprint density at radius 3 is 2.43 bits per heavy atom. The normalized spacial score (nSPS) is 14.0. The lowest BCUT2D eigenvalue weighted by molar-refractivity contribution is 0.0438. The molecule has 0 aliphatic rings. The first-order chi connectivity index (χ1) is 13.4. The number of carbonyl (C=O) groups excluding carboxylic acids is 1. The molecule has 2 aromatic carbocycles. The molecule has 0 aliphatic carbocycles. The van der Waals surface area contributed by atoms with Gasteiger partial charge in [0.25, 0.3) is 5.91 Å². The first kappa shape index (κ1) is 22.1. The monoisotopic (exact) mass is 402 g/mol. The Morgan fingerprint density at radius 2 is 1.82 bits per heavy atom. The number of hydrogen-bond acceptors (Lipinski definition) is 4. The minimum atomic E-state index is -0.975. The van der Waals surface area contributed by atoms with E-state index in [1.54, 1.807) is 42.5 Å². The van der Waals surface area contributed by atoms with Crippen LogP contribution in [0.5, 0.6) is 0 Å². The molecule has 4 nitrogen and oxygen atoms in total. The van der Waals surface area contributed by atoms with E-state index in [2.05, 4.69) is 5.32 Å². The number of thioether (sulfide) groups is 1. The Balaban J connectivity index is 2.39. The van der Waals surface area contributed by atoms with E-state index in [0.717, 1.165) is 0 Å². The predicted octanol–water partition coefficient (Wildman–Crippen LogP) is 5.01. The van der Waals surface area contributed by atoms with E-state index < -0.39 is 5.54 Å². The van der Waals surface area contributed by atoms with Crippen molar-refractivity contribution in [3.63, 3.8) is 0 Å². The Hall–Kier alpha value is -2.18. The molecule has 0 saturated heterocycles. The molecular formula is C22H27FN2O2S. The lowest BCUT2D eigenvalue weighted by atomic mass is 9.93. The fourth-order valence-electron chi connectivity index (χ4n) is 2.61. The van der Waals surface area contributed by atoms with Crippen molar-refractivity contribution < 1.29 is 13.9 Å². The quantitative estimate of drug-likeness (QED) is 0.523. The third-order valence-electron chi connectivity index (χ3n) is 4.04. The van der Waals surface area contributed by atoms with Crippen molar-refractivity contribution in [3.05, 3.63) is 71.5 Å². The third kappa shape index (κ3) is 6.17. The highest BCUT2D eigenvalue weighted by molar-refractivity contribution is 8.13. The molecule has 1 amide bonds. The van der Waals surface area contributed by atoms with Crippen molar-refractivity contribution in [2.75, 3.05) is 12.4 Å². The molecule has 0 spiro atoms. The number of amides is 1. The van der Waals surface area contributed by atoms with E-state index in [4.69, 9.17) is 9.73 Å². The van der Waals surface area contributed by atoms with E-state index in [1.807, 2.05) is 33.8 Å². The summed E-state index contributed by atoms with van der Waals surface area (Å²) < 4.78 is 20.3. The number of aliphatic imine (C=N–C) groups is 1. The summed E-state index contributed by atoms with van der Waals surface area (Å²) in [7, 11) is 0. The summed E-state index contributed by atoms with van der Waals surface area (Å²) in [5, 5.41) is 3.30. The topological polar surface area (TPSA) is 50.7 Å². The van der Waals surface area contributed by atoms with Gasteiger partial charge in [-0.05, 0) is 44.7 Å². The molecule has 2 rings (SSSR count). The zero-order valence-corrected chi connectivity index (χ0v) is 17.6. The fourth-order valence-corrected chi connectivity index (χ4v) is 3.32. The summed E-state index contributed by atoms with van der Waals surface area (Å²) in [5.41, 5.74) is -0.00591. The Bertz CT molecular complexity index is 811. The first-order valence-electron chi connectivity index (χ1n) is 9.31. The van der Waals surface area contributed by atoms with Crippen molar-refractivity contribution in [3.8, 4) is 0 Å². The van der Waals surface area contributed by atoms with Gasteiger partial charge >= 0.3 is 0 Å². The Morgan fingerprint density at radius 1 is 1.18 bits per heavy atom. The van der Waals surface area contributed by atoms with Gasteiger partial charge in [0.05, 0.1) is 12.7 Å². The lowest BCUT2D eigenvalue weighted by Gasteiger charge is -2.28. The van der Waals surface area contributed by atoms with Gasteiger partial charge in [-0.1, -0.05) is 55.1 Å². The van der Waals surface area contributed by atoms with Gasteiger partial charge in [0.15, 0.2) is 5.17 Å². The van der Waals surface area contributed by atoms with Crippen LogP contribution in [0.4, 0.5) is 4.39 Å². The van der Waals surface area contributed by atoms with Crippen molar-refractivity contribution in [1.29, 1.82) is 0 Å². The van der Waals surface area contributed by atoms with Crippen molar-refractivity contribution >= 4 is 22.8 Å². The van der Waals surface area contributed by atoms with Crippen molar-refractivity contribution in [2.45, 2.75) is 39.3 Å². The smallest absolute Gasteiger partial charge is 0.257 e. The summed E-state index contributed by atoms with van der Waals surface area (Å²) in [6, 6.07) is 15.5. The number of nitrogens with zero attached hydrogens (tertiary/aromatic N) is 1. The van der Waals surface area contributed by atoms with Crippen LogP contribution < -0.4 is 5.32 Å². The van der Waals surface area contributed by atoms with Crippen LogP contribution in [-0.4, -0.2) is 29.5 Å². The summed E-state index contributed by atoms with van der Waals surface area (Å²) in [5.74, 6) is 0.115. The molecular weight excluding hydrogens is 375 g/mol. The number of benzene rings is 2. The van der Waals surface area contributed by atoms with Gasteiger partial charge in [-0.25, -0.2) is 9.38 Å². The van der Waals surface area contributed by atoms with Gasteiger partial charge in [0.2, 0.25) is 0 Å². The minimum Gasteiger partial charge on any atom is -0.376 e. The van der Waals surface area contributed by atoms with E-state index in [-0.39, 0.29) is 24.4 Å². The highest BCUT2D eigenvalue weighted by atomic mass is 32.2. The molecule has 0 saturated carbocycles. The van der Waals surface area contributed by atoms with Gasteiger partial charge < -0.3 is 10.1 Å². The summed E-state index contributed by atoms with van der Waals surface area (Å²) in [4.78, 5) is 17.3. The molecule has 1 N–H and O–H groups in total. The zero-order valence-electron chi connectivity index (χ0n) is 16.7. The number of rotatable bonds is 7. The van der Waals surface area contributed by atoms with Crippen LogP contribution in [0.2, 0.25) is 0 Å². The van der Waals surface area contributed by atoms with E-state index in [0.29, 0.717) is 22.0 Å². The molecule has 0 heterocycles. The van der Waals surface area contributed by atoms with Crippen LogP contribution >= 0.6 is 11.8 Å². The van der Waals surface area contributed by atoms with Crippen LogP contribution in [0.1, 0.15) is 43.6 Å². The number of amidine groups is 1. The zero-order chi connectivity index (χ0) is 20.6. The largest absolute Gasteiger partial charge is 0.376 e. The molecule has 1 atom stereocenters. The van der Waals surface area contributed by atoms with Crippen molar-refractivity contribution in [1.82, 2.24) is 5.32 Å². The van der Waals surface area contributed by atoms with Gasteiger partial charge in [-0.2, -0.15) is 0 Å². The first-order valence-corrected chi connectivity index (χ1v) is 10.3. The highest BCUT2D eigenvalue weighted by Crippen LogP contribution is 2.30. The number of ether oxygens (including phenoxy) is 1. The predicted molar refractivity (Wildman–Crippen MR) is 114 cm³/mol. The maximum absolute atomic E-state index is 14.6. The van der Waals surface area contributed by atoms with Crippen LogP contribution in [0.15, 0.2) is 59.6 Å². The highest BCUT2D eigenvalue weighted by Gasteiger charge is 2.31. The Kier molecular flexibility index (Phi) is 8.20. The van der Waals surface area contributed by atoms with E-state index in [9.17, 15) is 9.18 Å². The second-order valence-electron chi connectivity index (χ2n) is 6.78. The maximum atomic E-state index is 14.6. The van der Waals surface area contributed by atoms with Gasteiger partial charge in [-0.3, -0.25) is 4.79 Å². The molecule has 6 heteroatoms. The Labute approximate surface area is 170 Å². The van der Waals surface area contributed by atoms with Crippen LogP contribution in [0, 0.1) is 5.82 Å². The molecule has 0 aliphatic heterocycles. The molecule has 0 unspecified atom stereocenters. The SMILES string of the molecule is CCS/C(=N\[C@](C)(COC(C)C)c1ccccc1F)NC(=O)c1ccccc1. The second kappa shape index (κ2) is 10.4. The van der Waals surface area contributed by atoms with Gasteiger partial charge in [-0.15, -0.1) is 0 Å². The van der Waals surface area contributed by atoms with Crippen LogP contribution in [0.3, 0.4) is 0 Å². The van der Waals surface area contributed by atoms with E-state index >= 15 is 0 Å². The lowest BCUT2D eigenvalue weighted by Crippen LogP contribution is -2.35. The summed E-state index contributed by atoms with van der Waals surface area (Å²) >= 11 is 1.40. The third-order valence-corrected chi connectivity index (χ3v) is 4.79. The molecule has 0 bridgehead atoms. The summed E-state index contributed by atoms with van der Waals surface area (Å²) in [6.07, 6.45) is -0.0255. The molecule has 28 heavy (non-hydrogen) atoms. The van der Waals surface area contributed by atoms with Gasteiger partial charge in [0, 0.05) is 11.1 Å². The number of carbonyl (C=O) groups is 1. The number of nitrogens with one attached hydrogen (secondary N) is 1. The molecule has 2 aromatic rings. The average molecular weight is 403 g/mol. The average Bonchev–Trinajstić information content (AvgIpc) is 2.67. The van der Waals surface area contributed by atoms with Crippen LogP contribution in [-0.2, 0) is 10.3 Å². The van der Waals surface area contributed by atoms with E-state index in [1.165, 1.54) is 17.8 Å². The molecule has 0 radical (unpaired) electrons. The minimum absolute atomic E-state index is 0.0255. The second-order valence-corrected chi connectivity index (χ2v) is 8.04. The molecule has 150 valence electrons. The van der Waals surface area contributed by atoms with Crippen molar-refractivity contribution in [2.24, 2.45) is 4.99 Å². The summed E-state index contributed by atoms with van der Waals surface area (Å²) in [6.45, 7) is 7.83. The number of hydrogen-bond donors (Lipinski definition) is 1. The van der Waals surface area contributed by atoms with Crippen LogP contribution in [0.25, 0.3) is 0 Å². The standard InChI is InChI=1S/C22H27FN2O2S/c1-5-28-21(24-20(26)17-11-7-6-8-12-17)25-22(4,15-27-16(2)3)18-13-9-10-14-19(18)23/h6-14,16H,5,15H2,1-4H3,(H,24,25,26)/t22-/m1/s1. The number of halogens is 1. The molecule has 0 aromatic heterocycles.